The van der Waals surface area contributed by atoms with E-state index in [1.165, 1.54) is 8.61 Å². The smallest absolute Gasteiger partial charge is 0.243 e. The van der Waals surface area contributed by atoms with Crippen LogP contribution in [0, 0.1) is 13.8 Å². The van der Waals surface area contributed by atoms with Crippen LogP contribution in [0.3, 0.4) is 0 Å². The number of sulfonamides is 2. The van der Waals surface area contributed by atoms with Crippen LogP contribution < -0.4 is 0 Å². The van der Waals surface area contributed by atoms with Crippen LogP contribution in [0.4, 0.5) is 0 Å². The number of nitrogens with zero attached hydrogens (tertiary/aromatic N) is 4. The van der Waals surface area contributed by atoms with Gasteiger partial charge in [0.1, 0.15) is 0 Å². The van der Waals surface area contributed by atoms with E-state index in [1.54, 1.807) is 84.2 Å². The summed E-state index contributed by atoms with van der Waals surface area (Å²) >= 11 is 3.30. The van der Waals surface area contributed by atoms with Gasteiger partial charge in [0.15, 0.2) is 0 Å². The lowest BCUT2D eigenvalue weighted by molar-refractivity contribution is 0.341. The second-order valence-electron chi connectivity index (χ2n) is 11.7. The predicted octanol–water partition coefficient (Wildman–Crippen LogP) is 6.43. The highest BCUT2D eigenvalue weighted by Gasteiger charge is 2.32. The van der Waals surface area contributed by atoms with E-state index >= 15 is 0 Å². The van der Waals surface area contributed by atoms with Crippen molar-refractivity contribution in [2.24, 2.45) is 0 Å². The summed E-state index contributed by atoms with van der Waals surface area (Å²) < 4.78 is 59.3. The first-order chi connectivity index (χ1) is 21.9. The summed E-state index contributed by atoms with van der Waals surface area (Å²) in [5.41, 5.74) is 4.91. The molecule has 0 aliphatic carbocycles. The number of aromatic nitrogens is 2. The average Bonchev–Trinajstić information content (AvgIpc) is 3.02. The molecule has 5 rings (SSSR count). The molecule has 2 atom stereocenters. The standard InChI is InChI=1S/C34H40N4O4S4/c1-25-11-15-33(16-12-25)45(39,40)37-19-29-7-5-8-30(35-29)20-38(46(41,42)34-17-13-26(2)14-18-34)28(4)22-44-24-32-10-6-9-31(36-32)23-43-21-27(37)3/h5-18,27-28H,19-24H2,1-4H3/t27-,28-/m0/s1. The molecule has 4 aromatic rings. The molecular weight excluding hydrogens is 657 g/mol. The molecule has 2 aromatic carbocycles. The summed E-state index contributed by atoms with van der Waals surface area (Å²) in [7, 11) is -7.74. The Labute approximate surface area is 282 Å². The van der Waals surface area contributed by atoms with Crippen molar-refractivity contribution >= 4 is 43.6 Å². The van der Waals surface area contributed by atoms with Gasteiger partial charge >= 0.3 is 0 Å². The van der Waals surface area contributed by atoms with E-state index < -0.39 is 20.0 Å². The van der Waals surface area contributed by atoms with Gasteiger partial charge in [-0.25, -0.2) is 16.8 Å². The Morgan fingerprint density at radius 2 is 0.913 bits per heavy atom. The van der Waals surface area contributed by atoms with Crippen LogP contribution in [0.1, 0.15) is 47.8 Å². The molecule has 0 saturated carbocycles. The van der Waals surface area contributed by atoms with Crippen molar-refractivity contribution in [2.45, 2.75) is 74.2 Å². The number of aryl methyl sites for hydroxylation is 2. The van der Waals surface area contributed by atoms with Gasteiger partial charge in [0.25, 0.3) is 0 Å². The molecule has 46 heavy (non-hydrogen) atoms. The van der Waals surface area contributed by atoms with Crippen molar-refractivity contribution in [1.29, 1.82) is 0 Å². The zero-order valence-electron chi connectivity index (χ0n) is 26.5. The lowest BCUT2D eigenvalue weighted by Crippen LogP contribution is -2.40. The number of thioether (sulfide) groups is 2. The molecule has 2 aromatic heterocycles. The second kappa shape index (κ2) is 15.0. The minimum atomic E-state index is -3.87. The molecule has 1 aliphatic rings. The molecule has 12 heteroatoms. The van der Waals surface area contributed by atoms with Crippen LogP contribution >= 0.6 is 23.5 Å². The Morgan fingerprint density at radius 1 is 0.565 bits per heavy atom. The monoisotopic (exact) mass is 696 g/mol. The zero-order chi connectivity index (χ0) is 32.9. The largest absolute Gasteiger partial charge is 0.256 e. The average molecular weight is 697 g/mol. The molecule has 244 valence electrons. The Morgan fingerprint density at radius 3 is 1.30 bits per heavy atom. The van der Waals surface area contributed by atoms with Crippen LogP contribution in [0.15, 0.2) is 94.7 Å². The molecule has 0 spiro atoms. The summed E-state index contributed by atoms with van der Waals surface area (Å²) in [5, 5.41) is 0. The van der Waals surface area contributed by atoms with Gasteiger partial charge in [-0.3, -0.25) is 9.97 Å². The first kappa shape index (κ1) is 34.6. The molecule has 0 saturated heterocycles. The normalized spacial score (nSPS) is 19.7. The minimum absolute atomic E-state index is 0.0512. The maximum Gasteiger partial charge on any atom is 0.243 e. The fourth-order valence-corrected chi connectivity index (χ4v) is 10.6. The van der Waals surface area contributed by atoms with Gasteiger partial charge in [-0.1, -0.05) is 47.5 Å². The predicted molar refractivity (Wildman–Crippen MR) is 188 cm³/mol. The van der Waals surface area contributed by atoms with Gasteiger partial charge in [-0.2, -0.15) is 32.1 Å². The summed E-state index contributed by atoms with van der Waals surface area (Å²) in [6.45, 7) is 7.78. The maximum atomic E-state index is 14.1. The van der Waals surface area contributed by atoms with E-state index in [-0.39, 0.29) is 35.0 Å². The molecule has 0 N–H and O–H groups in total. The highest BCUT2D eigenvalue weighted by atomic mass is 32.2. The third-order valence-electron chi connectivity index (χ3n) is 7.82. The third-order valence-corrected chi connectivity index (χ3v) is 14.2. The Balaban J connectivity index is 1.54. The lowest BCUT2D eigenvalue weighted by Gasteiger charge is -2.29. The molecule has 0 unspecified atom stereocenters. The number of rotatable bonds is 4. The van der Waals surface area contributed by atoms with Crippen molar-refractivity contribution in [2.75, 3.05) is 11.5 Å². The van der Waals surface area contributed by atoms with Crippen molar-refractivity contribution in [3.05, 3.63) is 119 Å². The van der Waals surface area contributed by atoms with Crippen LogP contribution in [0.2, 0.25) is 0 Å². The van der Waals surface area contributed by atoms with Crippen molar-refractivity contribution in [3.8, 4) is 0 Å². The van der Waals surface area contributed by atoms with Gasteiger partial charge in [0, 0.05) is 35.1 Å². The molecule has 0 radical (unpaired) electrons. The zero-order valence-corrected chi connectivity index (χ0v) is 29.8. The van der Waals surface area contributed by atoms with E-state index in [0.29, 0.717) is 34.4 Å². The molecule has 0 amide bonds. The third kappa shape index (κ3) is 8.39. The first-order valence-corrected chi connectivity index (χ1v) is 20.3. The van der Waals surface area contributed by atoms with E-state index in [2.05, 4.69) is 0 Å². The van der Waals surface area contributed by atoms with Gasteiger partial charge < -0.3 is 0 Å². The number of fused-ring (bicyclic) bond motifs is 4. The maximum absolute atomic E-state index is 14.1. The minimum Gasteiger partial charge on any atom is -0.256 e. The van der Waals surface area contributed by atoms with Gasteiger partial charge in [-0.05, 0) is 76.2 Å². The summed E-state index contributed by atoms with van der Waals surface area (Å²) in [4.78, 5) is 10.1. The van der Waals surface area contributed by atoms with Crippen LogP contribution in [-0.2, 0) is 44.6 Å². The summed E-state index contributed by atoms with van der Waals surface area (Å²) in [6, 6.07) is 24.4. The molecule has 8 nitrogen and oxygen atoms in total. The fourth-order valence-electron chi connectivity index (χ4n) is 5.20. The number of hydrogen-bond acceptors (Lipinski definition) is 8. The Kier molecular flexibility index (Phi) is 11.3. The molecule has 0 fully saturated rings. The summed E-state index contributed by atoms with van der Waals surface area (Å²) in [5.74, 6) is 2.42. The van der Waals surface area contributed by atoms with Crippen molar-refractivity contribution < 1.29 is 16.8 Å². The van der Waals surface area contributed by atoms with Gasteiger partial charge in [-0.15, -0.1) is 0 Å². The first-order valence-electron chi connectivity index (χ1n) is 15.2. The number of hydrogen-bond donors (Lipinski definition) is 0. The van der Waals surface area contributed by atoms with E-state index in [0.717, 1.165) is 22.5 Å². The summed E-state index contributed by atoms with van der Waals surface area (Å²) in [6.07, 6.45) is 0. The highest BCUT2D eigenvalue weighted by molar-refractivity contribution is 7.98. The topological polar surface area (TPSA) is 101 Å². The van der Waals surface area contributed by atoms with Gasteiger partial charge in [0.2, 0.25) is 20.0 Å². The fraction of sp³-hybridized carbons (Fsp3) is 0.353. The second-order valence-corrected chi connectivity index (χ2v) is 17.5. The van der Waals surface area contributed by atoms with E-state index in [4.69, 9.17) is 9.97 Å². The quantitative estimate of drug-likeness (QED) is 0.241. The Hall–Kier alpha value is -2.74. The molecule has 3 heterocycles. The molecule has 4 bridgehead atoms. The van der Waals surface area contributed by atoms with E-state index in [1.807, 2.05) is 52.0 Å². The van der Waals surface area contributed by atoms with Crippen LogP contribution in [0.25, 0.3) is 0 Å². The van der Waals surface area contributed by atoms with Crippen LogP contribution in [-0.4, -0.2) is 59.0 Å². The Bertz CT molecular complexity index is 1720. The number of benzene rings is 2. The van der Waals surface area contributed by atoms with Crippen LogP contribution in [0.5, 0.6) is 0 Å². The molecule has 1 aliphatic heterocycles. The highest BCUT2D eigenvalue weighted by Crippen LogP contribution is 2.27. The number of pyridine rings is 2. The lowest BCUT2D eigenvalue weighted by atomic mass is 10.2. The van der Waals surface area contributed by atoms with E-state index in [9.17, 15) is 16.8 Å². The SMILES string of the molecule is Cc1ccc(S(=O)(=O)N2Cc3cccc(n3)CN(S(=O)(=O)c3ccc(C)cc3)[C@@H](C)CSCc3cccc(n3)CSC[C@@H]2C)cc1. The van der Waals surface area contributed by atoms with Crippen molar-refractivity contribution in [1.82, 2.24) is 18.6 Å². The van der Waals surface area contributed by atoms with Gasteiger partial charge in [0.05, 0.1) is 45.7 Å². The molecular formula is C34H40N4O4S4. The van der Waals surface area contributed by atoms with Crippen molar-refractivity contribution in [3.63, 3.8) is 0 Å².